The van der Waals surface area contributed by atoms with Gasteiger partial charge in [-0.25, -0.2) is 4.98 Å². The molecule has 0 bridgehead atoms. The Bertz CT molecular complexity index is 1000. The van der Waals surface area contributed by atoms with Crippen LogP contribution in [0.3, 0.4) is 0 Å². The Hall–Kier alpha value is -3.87. The monoisotopic (exact) mass is 418 g/mol. The molecule has 0 radical (unpaired) electrons. The predicted molar refractivity (Wildman–Crippen MR) is 123 cm³/mol. The van der Waals surface area contributed by atoms with Crippen molar-refractivity contribution in [3.8, 4) is 5.75 Å². The Kier molecular flexibility index (Phi) is 7.59. The molecule has 2 amide bonds. The molecule has 0 aliphatic rings. The number of pyridine rings is 1. The molecule has 0 aliphatic heterocycles. The second-order valence-corrected chi connectivity index (χ2v) is 6.76. The Morgan fingerprint density at radius 1 is 0.903 bits per heavy atom. The third-order valence-corrected chi connectivity index (χ3v) is 4.62. The first-order valence-corrected chi connectivity index (χ1v) is 10.2. The van der Waals surface area contributed by atoms with Gasteiger partial charge in [-0.05, 0) is 50.2 Å². The molecule has 3 rings (SSSR count). The van der Waals surface area contributed by atoms with E-state index in [1.165, 1.54) is 0 Å². The van der Waals surface area contributed by atoms with Crippen LogP contribution in [0.15, 0.2) is 72.9 Å². The van der Waals surface area contributed by atoms with E-state index in [1.54, 1.807) is 48.7 Å². The van der Waals surface area contributed by atoms with Gasteiger partial charge < -0.3 is 20.3 Å². The van der Waals surface area contributed by atoms with Gasteiger partial charge in [0.25, 0.3) is 11.8 Å². The van der Waals surface area contributed by atoms with Gasteiger partial charge in [0.05, 0.1) is 5.56 Å². The van der Waals surface area contributed by atoms with E-state index in [4.69, 9.17) is 4.74 Å². The van der Waals surface area contributed by atoms with E-state index in [9.17, 15) is 9.59 Å². The zero-order valence-corrected chi connectivity index (χ0v) is 17.7. The van der Waals surface area contributed by atoms with E-state index in [0.29, 0.717) is 22.7 Å². The van der Waals surface area contributed by atoms with Gasteiger partial charge in [-0.2, -0.15) is 0 Å². The van der Waals surface area contributed by atoms with E-state index in [2.05, 4.69) is 34.4 Å². The molecule has 0 saturated carbocycles. The number of rotatable bonds is 9. The summed E-state index contributed by atoms with van der Waals surface area (Å²) in [6.45, 7) is 5.69. The average Bonchev–Trinajstić information content (AvgIpc) is 2.80. The lowest BCUT2D eigenvalue weighted by Crippen LogP contribution is -2.23. The first-order chi connectivity index (χ1) is 15.1. The maximum atomic E-state index is 12.5. The lowest BCUT2D eigenvalue weighted by molar-refractivity contribution is -0.118. The summed E-state index contributed by atoms with van der Waals surface area (Å²) in [4.78, 5) is 31.1. The summed E-state index contributed by atoms with van der Waals surface area (Å²) in [6, 6.07) is 19.7. The van der Waals surface area contributed by atoms with Crippen LogP contribution in [0.4, 0.5) is 17.2 Å². The van der Waals surface area contributed by atoms with Gasteiger partial charge >= 0.3 is 0 Å². The Morgan fingerprint density at radius 3 is 2.32 bits per heavy atom. The largest absolute Gasteiger partial charge is 0.484 e. The van der Waals surface area contributed by atoms with Gasteiger partial charge in [-0.3, -0.25) is 9.59 Å². The number of carbonyl (C=O) groups excluding carboxylic acids is 2. The third-order valence-electron chi connectivity index (χ3n) is 4.62. The number of hydrogen-bond donors (Lipinski definition) is 2. The van der Waals surface area contributed by atoms with Crippen molar-refractivity contribution in [3.63, 3.8) is 0 Å². The number of ether oxygens (including phenoxy) is 1. The smallest absolute Gasteiger partial charge is 0.262 e. The summed E-state index contributed by atoms with van der Waals surface area (Å²) in [5.74, 6) is 0.791. The topological polar surface area (TPSA) is 83.6 Å². The number of nitrogens with one attached hydrogen (secondary N) is 2. The molecule has 2 aromatic carbocycles. The third kappa shape index (κ3) is 6.30. The summed E-state index contributed by atoms with van der Waals surface area (Å²) in [6.07, 6.45) is 1.57. The van der Waals surface area contributed by atoms with Gasteiger partial charge in [-0.1, -0.05) is 24.3 Å². The highest BCUT2D eigenvalue weighted by Gasteiger charge is 2.10. The molecule has 0 unspecified atom stereocenters. The second-order valence-electron chi connectivity index (χ2n) is 6.76. The number of benzene rings is 2. The maximum Gasteiger partial charge on any atom is 0.262 e. The van der Waals surface area contributed by atoms with Crippen molar-refractivity contribution in [2.24, 2.45) is 0 Å². The number of hydrogen-bond acceptors (Lipinski definition) is 5. The number of anilines is 3. The van der Waals surface area contributed by atoms with Gasteiger partial charge in [0.1, 0.15) is 11.6 Å². The lowest BCUT2D eigenvalue weighted by atomic mass is 10.2. The summed E-state index contributed by atoms with van der Waals surface area (Å²) in [7, 11) is 0. The van der Waals surface area contributed by atoms with Crippen molar-refractivity contribution < 1.29 is 14.3 Å². The molecule has 0 saturated heterocycles. The highest BCUT2D eigenvalue weighted by molar-refractivity contribution is 6.04. The normalized spacial score (nSPS) is 10.3. The number of nitrogens with zero attached hydrogens (tertiary/aromatic N) is 2. The first-order valence-electron chi connectivity index (χ1n) is 10.2. The molecule has 0 aliphatic carbocycles. The lowest BCUT2D eigenvalue weighted by Gasteiger charge is -2.19. The van der Waals surface area contributed by atoms with Gasteiger partial charge in [0.15, 0.2) is 6.61 Å². The number of aromatic nitrogens is 1. The minimum atomic E-state index is -0.266. The molecule has 0 fully saturated rings. The molecule has 1 heterocycles. The number of para-hydroxylation sites is 1. The van der Waals surface area contributed by atoms with E-state index in [-0.39, 0.29) is 18.4 Å². The van der Waals surface area contributed by atoms with Crippen LogP contribution in [0.5, 0.6) is 5.75 Å². The fourth-order valence-corrected chi connectivity index (χ4v) is 2.99. The highest BCUT2D eigenvalue weighted by atomic mass is 16.5. The van der Waals surface area contributed by atoms with Crippen LogP contribution in [0, 0.1) is 0 Å². The summed E-state index contributed by atoms with van der Waals surface area (Å²) in [5, 5.41) is 5.59. The molecule has 0 atom stereocenters. The van der Waals surface area contributed by atoms with Crippen LogP contribution in [0.2, 0.25) is 0 Å². The van der Waals surface area contributed by atoms with E-state index in [1.807, 2.05) is 24.3 Å². The fourth-order valence-electron chi connectivity index (χ4n) is 2.99. The average molecular weight is 418 g/mol. The van der Waals surface area contributed by atoms with Crippen molar-refractivity contribution >= 4 is 29.0 Å². The zero-order valence-electron chi connectivity index (χ0n) is 17.7. The van der Waals surface area contributed by atoms with Gasteiger partial charge in [-0.15, -0.1) is 0 Å². The minimum Gasteiger partial charge on any atom is -0.484 e. The summed E-state index contributed by atoms with van der Waals surface area (Å²) in [5.41, 5.74) is 1.74. The maximum absolute atomic E-state index is 12.5. The minimum absolute atomic E-state index is 0.136. The van der Waals surface area contributed by atoms with Crippen LogP contribution in [0.1, 0.15) is 24.2 Å². The Morgan fingerprint density at radius 2 is 1.65 bits per heavy atom. The van der Waals surface area contributed by atoms with Crippen molar-refractivity contribution in [2.75, 3.05) is 35.2 Å². The van der Waals surface area contributed by atoms with Gasteiger partial charge in [0, 0.05) is 36.7 Å². The molecule has 7 nitrogen and oxygen atoms in total. The van der Waals surface area contributed by atoms with Crippen molar-refractivity contribution in [1.29, 1.82) is 0 Å². The molecule has 7 heteroatoms. The molecule has 160 valence electrons. The fraction of sp³-hybridized carbons (Fsp3) is 0.208. The van der Waals surface area contributed by atoms with Crippen LogP contribution >= 0.6 is 0 Å². The van der Waals surface area contributed by atoms with Crippen molar-refractivity contribution in [1.82, 2.24) is 4.98 Å². The van der Waals surface area contributed by atoms with Crippen LogP contribution in [0.25, 0.3) is 0 Å². The highest BCUT2D eigenvalue weighted by Crippen LogP contribution is 2.19. The van der Waals surface area contributed by atoms with Crippen molar-refractivity contribution in [2.45, 2.75) is 13.8 Å². The molecular formula is C24H26N4O3. The molecule has 0 spiro atoms. The van der Waals surface area contributed by atoms with Crippen LogP contribution in [-0.4, -0.2) is 36.5 Å². The quantitative estimate of drug-likeness (QED) is 0.544. The van der Waals surface area contributed by atoms with Crippen LogP contribution in [-0.2, 0) is 4.79 Å². The Labute approximate surface area is 182 Å². The number of amides is 2. The summed E-state index contributed by atoms with van der Waals surface area (Å²) >= 11 is 0. The van der Waals surface area contributed by atoms with E-state index in [0.717, 1.165) is 18.9 Å². The van der Waals surface area contributed by atoms with Crippen molar-refractivity contribution in [3.05, 3.63) is 78.5 Å². The zero-order chi connectivity index (χ0) is 22.1. The molecule has 2 N–H and O–H groups in total. The van der Waals surface area contributed by atoms with E-state index >= 15 is 0 Å². The molecular weight excluding hydrogens is 392 g/mol. The molecule has 1 aromatic heterocycles. The van der Waals surface area contributed by atoms with E-state index < -0.39 is 0 Å². The number of carbonyl (C=O) groups is 2. The first kappa shape index (κ1) is 21.8. The second kappa shape index (κ2) is 10.8. The Balaban J connectivity index is 1.56. The molecule has 31 heavy (non-hydrogen) atoms. The molecule has 3 aromatic rings. The summed E-state index contributed by atoms with van der Waals surface area (Å²) < 4.78 is 5.55. The van der Waals surface area contributed by atoms with Crippen LogP contribution < -0.4 is 20.3 Å². The SMILES string of the molecule is CCN(CC)c1ccc(C(=O)Nc2cccc(OCC(=O)Nc3ccccc3)c2)cn1. The predicted octanol–water partition coefficient (Wildman–Crippen LogP) is 4.20. The standard InChI is InChI=1S/C24H26N4O3/c1-3-28(4-2)22-14-13-18(16-25-22)24(30)27-20-11-8-12-21(15-20)31-17-23(29)26-19-9-6-5-7-10-19/h5-16H,3-4,17H2,1-2H3,(H,26,29)(H,27,30). The van der Waals surface area contributed by atoms with Gasteiger partial charge in [0.2, 0.25) is 0 Å².